The molecule has 3 rings (SSSR count). The number of ether oxygens (including phenoxy) is 2. The van der Waals surface area contributed by atoms with Crippen LogP contribution < -0.4 is 4.74 Å². The molecule has 1 aromatic heterocycles. The van der Waals surface area contributed by atoms with Crippen LogP contribution in [0.2, 0.25) is 0 Å². The Morgan fingerprint density at radius 1 is 1.04 bits per heavy atom. The van der Waals surface area contributed by atoms with E-state index in [9.17, 15) is 5.11 Å². The van der Waals surface area contributed by atoms with Gasteiger partial charge in [0.25, 0.3) is 0 Å². The molecule has 0 saturated carbocycles. The molecule has 0 aliphatic carbocycles. The van der Waals surface area contributed by atoms with E-state index in [4.69, 9.17) is 13.9 Å². The highest BCUT2D eigenvalue weighted by Crippen LogP contribution is 2.35. The summed E-state index contributed by atoms with van der Waals surface area (Å²) in [5.41, 5.74) is 1.22. The van der Waals surface area contributed by atoms with E-state index in [-0.39, 0.29) is 12.0 Å². The third-order valence-electron chi connectivity index (χ3n) is 5.37. The van der Waals surface area contributed by atoms with Gasteiger partial charge in [-0.05, 0) is 67.6 Å². The zero-order valence-corrected chi connectivity index (χ0v) is 15.7. The van der Waals surface area contributed by atoms with Gasteiger partial charge in [0.05, 0.1) is 13.7 Å². The number of benzene rings is 1. The smallest absolute Gasteiger partial charge is 0.129 e. The van der Waals surface area contributed by atoms with Crippen molar-refractivity contribution >= 4 is 0 Å². The molecule has 0 bridgehead atoms. The summed E-state index contributed by atoms with van der Waals surface area (Å²) in [6.45, 7) is 3.49. The molecule has 0 amide bonds. The minimum absolute atomic E-state index is 0.0323. The number of likely N-dealkylation sites (tertiary alicyclic amines) is 1. The lowest BCUT2D eigenvalue weighted by Crippen LogP contribution is -2.42. The van der Waals surface area contributed by atoms with Crippen molar-refractivity contribution in [2.75, 3.05) is 33.9 Å². The van der Waals surface area contributed by atoms with E-state index < -0.39 is 0 Å². The minimum Gasteiger partial charge on any atom is -0.497 e. The Balaban J connectivity index is 1.55. The average Bonchev–Trinajstić information content (AvgIpc) is 3.11. The van der Waals surface area contributed by atoms with Crippen molar-refractivity contribution in [1.29, 1.82) is 0 Å². The van der Waals surface area contributed by atoms with Crippen molar-refractivity contribution in [3.63, 3.8) is 0 Å². The lowest BCUT2D eigenvalue weighted by molar-refractivity contribution is 0.0387. The fourth-order valence-corrected chi connectivity index (χ4v) is 3.70. The van der Waals surface area contributed by atoms with Crippen molar-refractivity contribution in [3.8, 4) is 5.75 Å². The summed E-state index contributed by atoms with van der Waals surface area (Å²) in [5, 5.41) is 10.1. The minimum atomic E-state index is -0.0323. The number of aliphatic hydroxyl groups excluding tert-OH is 1. The second-order valence-corrected chi connectivity index (χ2v) is 7.26. The van der Waals surface area contributed by atoms with Crippen LogP contribution in [0.5, 0.6) is 5.75 Å². The first kappa shape index (κ1) is 19.0. The van der Waals surface area contributed by atoms with Crippen LogP contribution in [0.25, 0.3) is 0 Å². The predicted octanol–water partition coefficient (Wildman–Crippen LogP) is 3.25. The third kappa shape index (κ3) is 4.67. The lowest BCUT2D eigenvalue weighted by atomic mass is 9.74. The number of aliphatic hydroxyl groups is 1. The van der Waals surface area contributed by atoms with E-state index in [2.05, 4.69) is 17.0 Å². The molecular formula is C21H29NO4. The third-order valence-corrected chi connectivity index (χ3v) is 5.37. The Hall–Kier alpha value is -1.82. The van der Waals surface area contributed by atoms with E-state index in [0.29, 0.717) is 6.61 Å². The van der Waals surface area contributed by atoms with Crippen LogP contribution in [-0.4, -0.2) is 43.9 Å². The van der Waals surface area contributed by atoms with Gasteiger partial charge in [-0.3, -0.25) is 4.90 Å². The molecule has 1 N–H and O–H groups in total. The van der Waals surface area contributed by atoms with Gasteiger partial charge in [0.15, 0.2) is 0 Å². The van der Waals surface area contributed by atoms with Crippen LogP contribution in [0.3, 0.4) is 0 Å². The number of hydrogen-bond donors (Lipinski definition) is 1. The van der Waals surface area contributed by atoms with Gasteiger partial charge >= 0.3 is 0 Å². The van der Waals surface area contributed by atoms with Crippen LogP contribution in [0.1, 0.15) is 29.9 Å². The number of nitrogens with zero attached hydrogens (tertiary/aromatic N) is 1. The molecule has 1 fully saturated rings. The largest absolute Gasteiger partial charge is 0.497 e. The Morgan fingerprint density at radius 3 is 2.35 bits per heavy atom. The number of rotatable bonds is 8. The van der Waals surface area contributed by atoms with E-state index in [1.165, 1.54) is 5.56 Å². The number of furan rings is 1. The molecule has 2 aromatic rings. The summed E-state index contributed by atoms with van der Waals surface area (Å²) in [6, 6.07) is 12.2. The lowest BCUT2D eigenvalue weighted by Gasteiger charge is -2.40. The number of methoxy groups -OCH3 is 2. The van der Waals surface area contributed by atoms with Gasteiger partial charge in [0, 0.05) is 13.7 Å². The van der Waals surface area contributed by atoms with Crippen LogP contribution in [0.15, 0.2) is 40.8 Å². The van der Waals surface area contributed by atoms with Crippen LogP contribution >= 0.6 is 0 Å². The topological polar surface area (TPSA) is 55.1 Å². The van der Waals surface area contributed by atoms with Crippen LogP contribution in [-0.2, 0) is 24.3 Å². The standard InChI is InChI=1S/C21H29NO4/c1-24-15-20-8-7-19(26-20)14-22-11-9-21(16-23,10-12-22)13-17-3-5-18(25-2)6-4-17/h3-8,23H,9-16H2,1-2H3. The molecule has 2 heterocycles. The average molecular weight is 359 g/mol. The molecule has 1 aliphatic rings. The zero-order valence-electron chi connectivity index (χ0n) is 15.7. The summed E-state index contributed by atoms with van der Waals surface area (Å²) in [6.07, 6.45) is 2.88. The van der Waals surface area contributed by atoms with Crippen LogP contribution in [0.4, 0.5) is 0 Å². The molecule has 1 aromatic carbocycles. The first-order chi connectivity index (χ1) is 12.7. The van der Waals surface area contributed by atoms with Gasteiger partial charge in [-0.15, -0.1) is 0 Å². The molecule has 5 heteroatoms. The molecule has 0 atom stereocenters. The molecule has 1 saturated heterocycles. The molecule has 142 valence electrons. The van der Waals surface area contributed by atoms with Crippen molar-refractivity contribution in [1.82, 2.24) is 4.90 Å². The molecule has 0 unspecified atom stereocenters. The van der Waals surface area contributed by atoms with Crippen molar-refractivity contribution in [3.05, 3.63) is 53.5 Å². The summed E-state index contributed by atoms with van der Waals surface area (Å²) in [5.74, 6) is 2.71. The molecule has 1 aliphatic heterocycles. The van der Waals surface area contributed by atoms with E-state index in [1.807, 2.05) is 24.3 Å². The second-order valence-electron chi connectivity index (χ2n) is 7.26. The van der Waals surface area contributed by atoms with E-state index in [0.717, 1.165) is 56.2 Å². The van der Waals surface area contributed by atoms with Crippen LogP contribution in [0, 0.1) is 5.41 Å². The van der Waals surface area contributed by atoms with Gasteiger partial charge in [0.1, 0.15) is 23.9 Å². The SMILES string of the molecule is COCc1ccc(CN2CCC(CO)(Cc3ccc(OC)cc3)CC2)o1. The van der Waals surface area contributed by atoms with E-state index in [1.54, 1.807) is 14.2 Å². The summed E-state index contributed by atoms with van der Waals surface area (Å²) >= 11 is 0. The van der Waals surface area contributed by atoms with Gasteiger partial charge in [-0.2, -0.15) is 0 Å². The first-order valence-electron chi connectivity index (χ1n) is 9.19. The van der Waals surface area contributed by atoms with Crippen molar-refractivity contribution < 1.29 is 19.0 Å². The number of hydrogen-bond acceptors (Lipinski definition) is 5. The normalized spacial score (nSPS) is 17.3. The maximum atomic E-state index is 10.1. The van der Waals surface area contributed by atoms with Crippen molar-refractivity contribution in [2.45, 2.75) is 32.4 Å². The molecule has 0 spiro atoms. The first-order valence-corrected chi connectivity index (χ1v) is 9.19. The fourth-order valence-electron chi connectivity index (χ4n) is 3.70. The molecular weight excluding hydrogens is 330 g/mol. The highest BCUT2D eigenvalue weighted by Gasteiger charge is 2.34. The highest BCUT2D eigenvalue weighted by molar-refractivity contribution is 5.28. The monoisotopic (exact) mass is 359 g/mol. The molecule has 26 heavy (non-hydrogen) atoms. The highest BCUT2D eigenvalue weighted by atomic mass is 16.5. The Bertz CT molecular complexity index is 672. The predicted molar refractivity (Wildman–Crippen MR) is 100 cm³/mol. The summed E-state index contributed by atoms with van der Waals surface area (Å²) < 4.78 is 16.1. The quantitative estimate of drug-likeness (QED) is 0.784. The zero-order chi connectivity index (χ0) is 18.4. The Labute approximate surface area is 155 Å². The molecule has 0 radical (unpaired) electrons. The maximum Gasteiger partial charge on any atom is 0.129 e. The van der Waals surface area contributed by atoms with Gasteiger partial charge in [0.2, 0.25) is 0 Å². The Kier molecular flexibility index (Phi) is 6.35. The number of piperidine rings is 1. The summed E-state index contributed by atoms with van der Waals surface area (Å²) in [7, 11) is 3.35. The van der Waals surface area contributed by atoms with Gasteiger partial charge in [-0.25, -0.2) is 0 Å². The summed E-state index contributed by atoms with van der Waals surface area (Å²) in [4.78, 5) is 2.40. The maximum absolute atomic E-state index is 10.1. The molecule has 5 nitrogen and oxygen atoms in total. The van der Waals surface area contributed by atoms with Crippen molar-refractivity contribution in [2.24, 2.45) is 5.41 Å². The van der Waals surface area contributed by atoms with Gasteiger partial charge < -0.3 is 19.0 Å². The Morgan fingerprint density at radius 2 is 1.73 bits per heavy atom. The van der Waals surface area contributed by atoms with Gasteiger partial charge in [-0.1, -0.05) is 12.1 Å². The second kappa shape index (κ2) is 8.71. The fraction of sp³-hybridized carbons (Fsp3) is 0.524. The van der Waals surface area contributed by atoms with E-state index >= 15 is 0 Å².